The molecular weight excluding hydrogens is 263 g/mol. The SMILES string of the molecule is CC(C)C(CC(=O)O)n1nnnc1-c1ccccc1F. The minimum Gasteiger partial charge on any atom is -0.481 e. The Hall–Kier alpha value is -2.31. The van der Waals surface area contributed by atoms with Crippen LogP contribution >= 0.6 is 0 Å². The third kappa shape index (κ3) is 2.81. The van der Waals surface area contributed by atoms with Gasteiger partial charge in [-0.3, -0.25) is 4.79 Å². The molecule has 0 saturated carbocycles. The monoisotopic (exact) mass is 278 g/mol. The molecule has 0 aliphatic carbocycles. The van der Waals surface area contributed by atoms with Crippen LogP contribution in [0.4, 0.5) is 4.39 Å². The average molecular weight is 278 g/mol. The van der Waals surface area contributed by atoms with Gasteiger partial charge in [0, 0.05) is 0 Å². The van der Waals surface area contributed by atoms with Crippen LogP contribution in [-0.4, -0.2) is 31.3 Å². The lowest BCUT2D eigenvalue weighted by atomic mass is 10.0. The standard InChI is InChI=1S/C13H15FN4O2/c1-8(2)11(7-12(19)20)18-13(15-16-17-18)9-5-3-4-6-10(9)14/h3-6,8,11H,7H2,1-2H3,(H,19,20). The number of tetrazole rings is 1. The molecule has 7 heteroatoms. The maximum absolute atomic E-state index is 13.8. The highest BCUT2D eigenvalue weighted by molar-refractivity contribution is 5.67. The number of carbonyl (C=O) groups is 1. The number of halogens is 1. The molecule has 1 aromatic carbocycles. The Kier molecular flexibility index (Phi) is 4.07. The molecular formula is C13H15FN4O2. The van der Waals surface area contributed by atoms with Crippen LogP contribution in [0.15, 0.2) is 24.3 Å². The van der Waals surface area contributed by atoms with Crippen LogP contribution in [-0.2, 0) is 4.79 Å². The lowest BCUT2D eigenvalue weighted by Gasteiger charge is -2.20. The minimum atomic E-state index is -0.946. The number of aliphatic carboxylic acids is 1. The van der Waals surface area contributed by atoms with Gasteiger partial charge in [0.1, 0.15) is 5.82 Å². The Morgan fingerprint density at radius 2 is 2.10 bits per heavy atom. The van der Waals surface area contributed by atoms with Gasteiger partial charge >= 0.3 is 5.97 Å². The molecule has 0 spiro atoms. The fourth-order valence-corrected chi connectivity index (χ4v) is 2.02. The van der Waals surface area contributed by atoms with Crippen molar-refractivity contribution in [2.75, 3.05) is 0 Å². The Morgan fingerprint density at radius 3 is 2.70 bits per heavy atom. The lowest BCUT2D eigenvalue weighted by molar-refractivity contribution is -0.138. The van der Waals surface area contributed by atoms with Crippen molar-refractivity contribution in [2.45, 2.75) is 26.3 Å². The summed E-state index contributed by atoms with van der Waals surface area (Å²) in [6.07, 6.45) is -0.121. The number of carboxylic acid groups (broad SMARTS) is 1. The molecule has 0 fully saturated rings. The molecule has 1 atom stereocenters. The van der Waals surface area contributed by atoms with Crippen LogP contribution in [0.3, 0.4) is 0 Å². The van der Waals surface area contributed by atoms with E-state index in [1.807, 2.05) is 13.8 Å². The topological polar surface area (TPSA) is 80.9 Å². The molecule has 1 N–H and O–H groups in total. The zero-order chi connectivity index (χ0) is 14.7. The fraction of sp³-hybridized carbons (Fsp3) is 0.385. The normalized spacial score (nSPS) is 12.6. The predicted octanol–water partition coefficient (Wildman–Crippen LogP) is 2.15. The van der Waals surface area contributed by atoms with Crippen LogP contribution < -0.4 is 0 Å². The van der Waals surface area contributed by atoms with Crippen LogP contribution in [0.2, 0.25) is 0 Å². The van der Waals surface area contributed by atoms with Gasteiger partial charge in [-0.2, -0.15) is 0 Å². The van der Waals surface area contributed by atoms with Crippen molar-refractivity contribution in [2.24, 2.45) is 5.92 Å². The Bertz CT molecular complexity index is 612. The number of benzene rings is 1. The second-order valence-electron chi connectivity index (χ2n) is 4.84. The molecule has 6 nitrogen and oxygen atoms in total. The van der Waals surface area contributed by atoms with E-state index in [2.05, 4.69) is 15.5 Å². The molecule has 0 aliphatic rings. The Morgan fingerprint density at radius 1 is 1.40 bits per heavy atom. The second kappa shape index (κ2) is 5.77. The van der Waals surface area contributed by atoms with Gasteiger partial charge < -0.3 is 5.11 Å². The third-order valence-electron chi connectivity index (χ3n) is 3.08. The summed E-state index contributed by atoms with van der Waals surface area (Å²) in [5.74, 6) is -1.15. The van der Waals surface area contributed by atoms with E-state index >= 15 is 0 Å². The highest BCUT2D eigenvalue weighted by atomic mass is 19.1. The summed E-state index contributed by atoms with van der Waals surface area (Å²) in [6, 6.07) is 5.70. The van der Waals surface area contributed by atoms with Crippen molar-refractivity contribution in [1.29, 1.82) is 0 Å². The van der Waals surface area contributed by atoms with E-state index in [1.54, 1.807) is 18.2 Å². The van der Waals surface area contributed by atoms with Crippen molar-refractivity contribution in [3.63, 3.8) is 0 Å². The predicted molar refractivity (Wildman–Crippen MR) is 69.3 cm³/mol. The second-order valence-corrected chi connectivity index (χ2v) is 4.84. The van der Waals surface area contributed by atoms with Gasteiger partial charge in [0.15, 0.2) is 5.82 Å². The van der Waals surface area contributed by atoms with Crippen molar-refractivity contribution < 1.29 is 14.3 Å². The molecule has 1 unspecified atom stereocenters. The van der Waals surface area contributed by atoms with Gasteiger partial charge in [0.05, 0.1) is 18.0 Å². The maximum Gasteiger partial charge on any atom is 0.305 e. The van der Waals surface area contributed by atoms with Crippen LogP contribution in [0.5, 0.6) is 0 Å². The van der Waals surface area contributed by atoms with Gasteiger partial charge in [-0.25, -0.2) is 9.07 Å². The summed E-state index contributed by atoms with van der Waals surface area (Å²) in [6.45, 7) is 3.75. The zero-order valence-corrected chi connectivity index (χ0v) is 11.2. The van der Waals surface area contributed by atoms with E-state index in [0.29, 0.717) is 0 Å². The highest BCUT2D eigenvalue weighted by Crippen LogP contribution is 2.27. The summed E-state index contributed by atoms with van der Waals surface area (Å²) in [5.41, 5.74) is 0.258. The van der Waals surface area contributed by atoms with Gasteiger partial charge in [-0.1, -0.05) is 26.0 Å². The minimum absolute atomic E-state index is 0.000114. The molecule has 1 aromatic heterocycles. The van der Waals surface area contributed by atoms with Crippen LogP contribution in [0.25, 0.3) is 11.4 Å². The number of hydrogen-bond acceptors (Lipinski definition) is 4. The molecule has 0 aliphatic heterocycles. The van der Waals surface area contributed by atoms with E-state index in [9.17, 15) is 9.18 Å². The first-order chi connectivity index (χ1) is 9.50. The molecule has 0 amide bonds. The van der Waals surface area contributed by atoms with E-state index in [0.717, 1.165) is 0 Å². The number of hydrogen-bond donors (Lipinski definition) is 1. The highest BCUT2D eigenvalue weighted by Gasteiger charge is 2.25. The number of aromatic nitrogens is 4. The molecule has 0 saturated heterocycles. The summed E-state index contributed by atoms with van der Waals surface area (Å²) in [7, 11) is 0. The number of nitrogens with zero attached hydrogens (tertiary/aromatic N) is 4. The third-order valence-corrected chi connectivity index (χ3v) is 3.08. The first-order valence-corrected chi connectivity index (χ1v) is 6.25. The average Bonchev–Trinajstić information content (AvgIpc) is 2.84. The number of carboxylic acids is 1. The summed E-state index contributed by atoms with van der Waals surface area (Å²) in [4.78, 5) is 11.0. The van der Waals surface area contributed by atoms with Gasteiger partial charge in [0.2, 0.25) is 0 Å². The molecule has 1 heterocycles. The van der Waals surface area contributed by atoms with E-state index in [-0.39, 0.29) is 23.7 Å². The van der Waals surface area contributed by atoms with Crippen LogP contribution in [0.1, 0.15) is 26.3 Å². The van der Waals surface area contributed by atoms with E-state index in [1.165, 1.54) is 10.7 Å². The smallest absolute Gasteiger partial charge is 0.305 e. The van der Waals surface area contributed by atoms with Crippen molar-refractivity contribution in [3.05, 3.63) is 30.1 Å². The van der Waals surface area contributed by atoms with Gasteiger partial charge in [-0.15, -0.1) is 5.10 Å². The maximum atomic E-state index is 13.8. The number of rotatable bonds is 5. The first kappa shape index (κ1) is 14.1. The Balaban J connectivity index is 2.46. The van der Waals surface area contributed by atoms with Crippen molar-refractivity contribution >= 4 is 5.97 Å². The molecule has 0 bridgehead atoms. The van der Waals surface area contributed by atoms with Gasteiger partial charge in [0.25, 0.3) is 0 Å². The lowest BCUT2D eigenvalue weighted by Crippen LogP contribution is -2.21. The zero-order valence-electron chi connectivity index (χ0n) is 11.2. The van der Waals surface area contributed by atoms with Crippen molar-refractivity contribution in [3.8, 4) is 11.4 Å². The largest absolute Gasteiger partial charge is 0.481 e. The molecule has 106 valence electrons. The van der Waals surface area contributed by atoms with Gasteiger partial charge in [-0.05, 0) is 28.5 Å². The summed E-state index contributed by atoms with van der Waals surface area (Å²) < 4.78 is 15.2. The van der Waals surface area contributed by atoms with Crippen molar-refractivity contribution in [1.82, 2.24) is 20.2 Å². The molecule has 0 radical (unpaired) electrons. The fourth-order valence-electron chi connectivity index (χ4n) is 2.02. The first-order valence-electron chi connectivity index (χ1n) is 6.25. The quantitative estimate of drug-likeness (QED) is 0.906. The van der Waals surface area contributed by atoms with Crippen LogP contribution in [0, 0.1) is 11.7 Å². The summed E-state index contributed by atoms with van der Waals surface area (Å²) in [5, 5.41) is 20.2. The van der Waals surface area contributed by atoms with E-state index < -0.39 is 17.8 Å². The summed E-state index contributed by atoms with van der Waals surface area (Å²) >= 11 is 0. The molecule has 20 heavy (non-hydrogen) atoms. The van der Waals surface area contributed by atoms with E-state index in [4.69, 9.17) is 5.11 Å². The molecule has 2 aromatic rings. The molecule has 2 rings (SSSR count). The Labute approximate surface area is 115 Å².